The average Bonchev–Trinajstić information content (AvgIpc) is 3.37. The van der Waals surface area contributed by atoms with Gasteiger partial charge in [-0.15, -0.1) is 0 Å². The molecule has 3 aromatic rings. The molecule has 2 aromatic carbocycles. The molecule has 1 aliphatic heterocycles. The molecule has 1 saturated heterocycles. The molecule has 2 aliphatic rings. The largest absolute Gasteiger partial charge is 0.288 e. The zero-order valence-corrected chi connectivity index (χ0v) is 14.3. The van der Waals surface area contributed by atoms with Gasteiger partial charge in [-0.05, 0) is 30.0 Å². The Morgan fingerprint density at radius 3 is 1.96 bits per heavy atom. The van der Waals surface area contributed by atoms with Gasteiger partial charge >= 0.3 is 0 Å². The smallest absolute Gasteiger partial charge is 0.0773 e. The summed E-state index contributed by atoms with van der Waals surface area (Å²) in [7, 11) is 0. The number of benzene rings is 2. The highest BCUT2D eigenvalue weighted by Crippen LogP contribution is 2.40. The molecular weight excluding hydrogens is 306 g/mol. The van der Waals surface area contributed by atoms with Crippen LogP contribution in [0.4, 0.5) is 0 Å². The van der Waals surface area contributed by atoms with E-state index in [1.165, 1.54) is 29.7 Å². The molecule has 0 bridgehead atoms. The second kappa shape index (κ2) is 6.16. The Morgan fingerprint density at radius 1 is 0.800 bits per heavy atom. The molecule has 25 heavy (non-hydrogen) atoms. The van der Waals surface area contributed by atoms with Gasteiger partial charge in [-0.25, -0.2) is 0 Å². The number of rotatable bonds is 5. The third-order valence-electron chi connectivity index (χ3n) is 5.48. The van der Waals surface area contributed by atoms with E-state index >= 15 is 0 Å². The van der Waals surface area contributed by atoms with Gasteiger partial charge in [0.2, 0.25) is 0 Å². The Kier molecular flexibility index (Phi) is 3.67. The van der Waals surface area contributed by atoms with Crippen molar-refractivity contribution in [2.45, 2.75) is 30.8 Å². The lowest BCUT2D eigenvalue weighted by atomic mass is 9.93. The highest BCUT2D eigenvalue weighted by molar-refractivity contribution is 5.32. The molecule has 0 radical (unpaired) electrons. The molecule has 126 valence electrons. The van der Waals surface area contributed by atoms with Crippen molar-refractivity contribution < 1.29 is 0 Å². The van der Waals surface area contributed by atoms with Crippen molar-refractivity contribution in [1.82, 2.24) is 14.7 Å². The van der Waals surface area contributed by atoms with E-state index in [-0.39, 0.29) is 0 Å². The lowest BCUT2D eigenvalue weighted by Gasteiger charge is -2.44. The van der Waals surface area contributed by atoms with E-state index in [1.54, 1.807) is 0 Å². The summed E-state index contributed by atoms with van der Waals surface area (Å²) in [6.45, 7) is 2.11. The summed E-state index contributed by atoms with van der Waals surface area (Å²) in [5.74, 6) is 0.735. The number of hydrogen-bond acceptors (Lipinski definition) is 2. The predicted octanol–water partition coefficient (Wildman–Crippen LogP) is 4.41. The van der Waals surface area contributed by atoms with Crippen molar-refractivity contribution in [1.29, 1.82) is 0 Å². The fraction of sp³-hybridized carbons (Fsp3) is 0.318. The maximum absolute atomic E-state index is 4.82. The van der Waals surface area contributed by atoms with Crippen molar-refractivity contribution in [3.05, 3.63) is 89.7 Å². The Labute approximate surface area is 148 Å². The van der Waals surface area contributed by atoms with Crippen LogP contribution in [0.5, 0.6) is 0 Å². The molecule has 2 fully saturated rings. The molecule has 0 spiro atoms. The van der Waals surface area contributed by atoms with Gasteiger partial charge in [0.15, 0.2) is 0 Å². The molecule has 5 rings (SSSR count). The normalized spacial score (nSPS) is 18.4. The van der Waals surface area contributed by atoms with Gasteiger partial charge in [-0.2, -0.15) is 5.10 Å². The predicted molar refractivity (Wildman–Crippen MR) is 99.5 cm³/mol. The standard InChI is InChI=1S/C22H23N3/c1-3-7-18(8-4-1)22(19-9-5-2-6-10-19)24-15-20(16-24)25-14-13-21(23-25)17-11-12-17/h1-10,13-14,17,20,22H,11-12,15-16H2. The molecule has 1 saturated carbocycles. The first-order valence-electron chi connectivity index (χ1n) is 9.27. The summed E-state index contributed by atoms with van der Waals surface area (Å²) in [6, 6.07) is 24.7. The number of hydrogen-bond donors (Lipinski definition) is 0. The van der Waals surface area contributed by atoms with Crippen LogP contribution in [0.15, 0.2) is 72.9 Å². The van der Waals surface area contributed by atoms with E-state index in [1.807, 2.05) is 0 Å². The van der Waals surface area contributed by atoms with Crippen LogP contribution < -0.4 is 0 Å². The molecule has 1 aromatic heterocycles. The summed E-state index contributed by atoms with van der Waals surface area (Å²) < 4.78 is 2.19. The first kappa shape index (κ1) is 14.9. The first-order valence-corrected chi connectivity index (χ1v) is 9.27. The second-order valence-corrected chi connectivity index (χ2v) is 7.33. The zero-order valence-electron chi connectivity index (χ0n) is 14.3. The summed E-state index contributed by atoms with van der Waals surface area (Å²) in [5.41, 5.74) is 4.03. The van der Waals surface area contributed by atoms with Gasteiger partial charge in [0, 0.05) is 25.2 Å². The Morgan fingerprint density at radius 2 is 1.40 bits per heavy atom. The fourth-order valence-corrected chi connectivity index (χ4v) is 3.90. The molecule has 0 amide bonds. The Hall–Kier alpha value is -2.39. The van der Waals surface area contributed by atoms with E-state index in [2.05, 4.69) is 82.5 Å². The third-order valence-corrected chi connectivity index (χ3v) is 5.48. The van der Waals surface area contributed by atoms with Crippen LogP contribution in [-0.4, -0.2) is 27.8 Å². The minimum Gasteiger partial charge on any atom is -0.288 e. The molecule has 0 unspecified atom stereocenters. The van der Waals surface area contributed by atoms with Crippen LogP contribution in [0.25, 0.3) is 0 Å². The third kappa shape index (κ3) is 2.89. The number of nitrogens with zero attached hydrogens (tertiary/aromatic N) is 3. The van der Waals surface area contributed by atoms with E-state index in [9.17, 15) is 0 Å². The Balaban J connectivity index is 1.36. The first-order chi connectivity index (χ1) is 12.4. The Bertz CT molecular complexity index is 790. The molecular formula is C22H23N3. The van der Waals surface area contributed by atoms with Crippen LogP contribution in [-0.2, 0) is 0 Å². The fourth-order valence-electron chi connectivity index (χ4n) is 3.90. The van der Waals surface area contributed by atoms with Gasteiger partial charge in [0.25, 0.3) is 0 Å². The quantitative estimate of drug-likeness (QED) is 0.691. The van der Waals surface area contributed by atoms with Crippen molar-refractivity contribution in [2.24, 2.45) is 0 Å². The van der Waals surface area contributed by atoms with Crippen molar-refractivity contribution in [3.63, 3.8) is 0 Å². The highest BCUT2D eigenvalue weighted by Gasteiger charge is 2.36. The van der Waals surface area contributed by atoms with Gasteiger partial charge < -0.3 is 0 Å². The van der Waals surface area contributed by atoms with Gasteiger partial charge in [0.1, 0.15) is 0 Å². The van der Waals surface area contributed by atoms with Crippen molar-refractivity contribution in [2.75, 3.05) is 13.1 Å². The average molecular weight is 329 g/mol. The monoisotopic (exact) mass is 329 g/mol. The summed E-state index contributed by atoms with van der Waals surface area (Å²) in [6.07, 6.45) is 4.81. The minimum atomic E-state index is 0.331. The topological polar surface area (TPSA) is 21.1 Å². The van der Waals surface area contributed by atoms with Crippen LogP contribution >= 0.6 is 0 Å². The van der Waals surface area contributed by atoms with Crippen molar-refractivity contribution in [3.8, 4) is 0 Å². The lowest BCUT2D eigenvalue weighted by Crippen LogP contribution is -2.49. The lowest BCUT2D eigenvalue weighted by molar-refractivity contribution is 0.0680. The van der Waals surface area contributed by atoms with Crippen LogP contribution in [0, 0.1) is 0 Å². The molecule has 2 heterocycles. The van der Waals surface area contributed by atoms with Gasteiger partial charge in [0.05, 0.1) is 17.8 Å². The maximum atomic E-state index is 4.82. The second-order valence-electron chi connectivity index (χ2n) is 7.33. The van der Waals surface area contributed by atoms with E-state index in [0.717, 1.165) is 19.0 Å². The summed E-state index contributed by atoms with van der Waals surface area (Å²) >= 11 is 0. The SMILES string of the molecule is c1ccc(C(c2ccccc2)N2CC(n3ccc(C4CC4)n3)C2)cc1. The van der Waals surface area contributed by atoms with Gasteiger partial charge in [-0.3, -0.25) is 9.58 Å². The summed E-state index contributed by atoms with van der Waals surface area (Å²) in [4.78, 5) is 2.56. The maximum Gasteiger partial charge on any atom is 0.0773 e. The highest BCUT2D eigenvalue weighted by atomic mass is 15.4. The molecule has 3 nitrogen and oxygen atoms in total. The van der Waals surface area contributed by atoms with Crippen LogP contribution in [0.1, 0.15) is 47.7 Å². The molecule has 3 heteroatoms. The van der Waals surface area contributed by atoms with E-state index in [0.29, 0.717) is 12.1 Å². The van der Waals surface area contributed by atoms with E-state index < -0.39 is 0 Å². The van der Waals surface area contributed by atoms with Gasteiger partial charge in [-0.1, -0.05) is 60.7 Å². The minimum absolute atomic E-state index is 0.331. The number of likely N-dealkylation sites (tertiary alicyclic amines) is 1. The zero-order chi connectivity index (χ0) is 16.6. The number of aromatic nitrogens is 2. The van der Waals surface area contributed by atoms with E-state index in [4.69, 9.17) is 5.10 Å². The van der Waals surface area contributed by atoms with Crippen LogP contribution in [0.3, 0.4) is 0 Å². The molecule has 1 aliphatic carbocycles. The summed E-state index contributed by atoms with van der Waals surface area (Å²) in [5, 5.41) is 4.82. The molecule has 0 atom stereocenters. The molecule has 0 N–H and O–H groups in total. The van der Waals surface area contributed by atoms with Crippen LogP contribution in [0.2, 0.25) is 0 Å². The van der Waals surface area contributed by atoms with Crippen molar-refractivity contribution >= 4 is 0 Å².